The summed E-state index contributed by atoms with van der Waals surface area (Å²) >= 11 is 6.20. The van der Waals surface area contributed by atoms with Crippen LogP contribution in [0.3, 0.4) is 0 Å². The number of phosphoric acid groups is 1. The highest BCUT2D eigenvalue weighted by atomic mass is 35.5. The van der Waals surface area contributed by atoms with E-state index < -0.39 is 12.7 Å². The van der Waals surface area contributed by atoms with Gasteiger partial charge in [-0.25, -0.2) is 0 Å². The van der Waals surface area contributed by atoms with Gasteiger partial charge in [0.1, 0.15) is 6.54 Å². The van der Waals surface area contributed by atoms with E-state index in [1.165, 1.54) is 25.1 Å². The molecule has 0 saturated carbocycles. The first-order valence-electron chi connectivity index (χ1n) is 8.18. The highest BCUT2D eigenvalue weighted by molar-refractivity contribution is 7.44. The van der Waals surface area contributed by atoms with Crippen LogP contribution < -0.4 is 10.2 Å². The number of fused-ring (bicyclic) bond motifs is 1. The second-order valence-corrected chi connectivity index (χ2v) is 7.17. The van der Waals surface area contributed by atoms with E-state index in [4.69, 9.17) is 16.5 Å². The Morgan fingerprint density at radius 1 is 1.31 bits per heavy atom. The highest BCUT2D eigenvalue weighted by Crippen LogP contribution is 2.30. The third-order valence-electron chi connectivity index (χ3n) is 3.55. The van der Waals surface area contributed by atoms with E-state index in [-0.39, 0.29) is 24.7 Å². The third kappa shape index (κ3) is 6.45. The van der Waals surface area contributed by atoms with Crippen LogP contribution in [0.15, 0.2) is 47.5 Å². The van der Waals surface area contributed by atoms with Gasteiger partial charge in [-0.05, 0) is 19.1 Å². The minimum atomic E-state index is -4.42. The van der Waals surface area contributed by atoms with Crippen molar-refractivity contribution >= 4 is 42.4 Å². The van der Waals surface area contributed by atoms with Gasteiger partial charge in [-0.2, -0.15) is 0 Å². The van der Waals surface area contributed by atoms with Crippen molar-refractivity contribution in [2.45, 2.75) is 6.92 Å². The lowest BCUT2D eigenvalue weighted by atomic mass is 10.00. The van der Waals surface area contributed by atoms with Crippen LogP contribution in [0.4, 0.5) is 11.4 Å². The fourth-order valence-electron chi connectivity index (χ4n) is 2.42. The molecule has 0 fully saturated rings. The molecule has 154 valence electrons. The summed E-state index contributed by atoms with van der Waals surface area (Å²) in [6, 6.07) is 11.3. The average Bonchev–Trinajstić information content (AvgIpc) is 2.79. The molecule has 3 rings (SSSR count). The summed E-state index contributed by atoms with van der Waals surface area (Å²) < 4.78 is 13.4. The van der Waals surface area contributed by atoms with Crippen molar-refractivity contribution in [3.8, 4) is 0 Å². The number of amides is 1. The number of aliphatic imine (C=N–C) groups is 1. The Morgan fingerprint density at radius 2 is 2.00 bits per heavy atom. The van der Waals surface area contributed by atoms with Crippen LogP contribution in [0.1, 0.15) is 18.1 Å². The lowest BCUT2D eigenvalue weighted by Crippen LogP contribution is -2.13. The molecule has 1 atom stereocenters. The molecule has 0 bridgehead atoms. The number of halogens is 1. The van der Waals surface area contributed by atoms with Crippen LogP contribution in [-0.2, 0) is 13.9 Å². The second kappa shape index (κ2) is 9.73. The minimum absolute atomic E-state index is 0.0166. The molecule has 2 N–H and O–H groups in total. The maximum absolute atomic E-state index is 11.7. The monoisotopic (exact) mass is 440 g/mol. The smallest absolute Gasteiger partial charge is 0.270 e. The van der Waals surface area contributed by atoms with Crippen molar-refractivity contribution in [3.05, 3.63) is 68.7 Å². The van der Waals surface area contributed by atoms with E-state index in [0.717, 1.165) is 0 Å². The van der Waals surface area contributed by atoms with Gasteiger partial charge < -0.3 is 19.6 Å². The molecule has 1 unspecified atom stereocenters. The summed E-state index contributed by atoms with van der Waals surface area (Å²) in [5, 5.41) is 14.2. The Labute approximate surface area is 170 Å². The molecule has 1 aliphatic heterocycles. The largest absolute Gasteiger partial charge is 0.756 e. The molecular weight excluding hydrogens is 425 g/mol. The Bertz CT molecular complexity index is 1010. The summed E-state index contributed by atoms with van der Waals surface area (Å²) in [4.78, 5) is 43.9. The second-order valence-electron chi connectivity index (χ2n) is 5.57. The van der Waals surface area contributed by atoms with Crippen molar-refractivity contribution in [2.75, 3.05) is 18.5 Å². The standard InChI is InChI=1S/C15H10ClN3O3.C2H7O4P/c16-12-4-2-1-3-10(12)15-11-7-9(19(21)22)5-6-13(11)18-14(20)8-17-15;1-2-6-7(3,4)5/h1-7H,8H2,(H,18,20);2H2,1H3,(H2,3,4,5)/p-1. The maximum Gasteiger partial charge on any atom is 0.270 e. The van der Waals surface area contributed by atoms with Crippen molar-refractivity contribution < 1.29 is 28.6 Å². The van der Waals surface area contributed by atoms with E-state index >= 15 is 0 Å². The summed E-state index contributed by atoms with van der Waals surface area (Å²) in [5.41, 5.74) is 1.97. The number of phosphoric ester groups is 1. The quantitative estimate of drug-likeness (QED) is 0.420. The number of nitro benzene ring substituents is 1. The lowest BCUT2D eigenvalue weighted by Gasteiger charge is -2.12. The van der Waals surface area contributed by atoms with Gasteiger partial charge >= 0.3 is 0 Å². The molecule has 2 aromatic rings. The number of rotatable bonds is 4. The number of nitro groups is 1. The summed E-state index contributed by atoms with van der Waals surface area (Å²) in [7, 11) is -4.42. The number of carbonyl (C=O) groups is 1. The SMILES string of the molecule is CCOP(=O)([O-])O.O=C1CN=C(c2ccccc2Cl)c2cc([N+](=O)[O-])ccc2N1. The molecule has 0 radical (unpaired) electrons. The zero-order valence-electron chi connectivity index (χ0n) is 15.1. The maximum atomic E-state index is 11.7. The number of benzodiazepines with no additional fused rings is 1. The molecule has 0 spiro atoms. The topological polar surface area (TPSA) is 154 Å². The van der Waals surface area contributed by atoms with Gasteiger partial charge in [-0.3, -0.25) is 24.5 Å². The average molecular weight is 441 g/mol. The Hall–Kier alpha value is -2.62. The minimum Gasteiger partial charge on any atom is -0.756 e. The van der Waals surface area contributed by atoms with E-state index in [9.17, 15) is 24.4 Å². The molecule has 29 heavy (non-hydrogen) atoms. The predicted molar refractivity (Wildman–Crippen MR) is 105 cm³/mol. The van der Waals surface area contributed by atoms with Crippen LogP contribution in [0, 0.1) is 10.1 Å². The molecule has 10 nitrogen and oxygen atoms in total. The fourth-order valence-corrected chi connectivity index (χ4v) is 2.97. The number of nitrogens with zero attached hydrogens (tertiary/aromatic N) is 2. The lowest BCUT2D eigenvalue weighted by molar-refractivity contribution is -0.384. The first-order valence-corrected chi connectivity index (χ1v) is 10.1. The summed E-state index contributed by atoms with van der Waals surface area (Å²) in [5.74, 6) is -0.280. The van der Waals surface area contributed by atoms with Gasteiger partial charge in [0.15, 0.2) is 0 Å². The van der Waals surface area contributed by atoms with E-state index in [0.29, 0.717) is 27.5 Å². The third-order valence-corrected chi connectivity index (χ3v) is 4.46. The predicted octanol–water partition coefficient (Wildman–Crippen LogP) is 2.52. The van der Waals surface area contributed by atoms with Gasteiger partial charge in [0.2, 0.25) is 5.91 Å². The number of non-ortho nitro benzene ring substituents is 1. The fraction of sp³-hybridized carbons (Fsp3) is 0.176. The zero-order chi connectivity index (χ0) is 21.6. The normalized spacial score (nSPS) is 14.9. The molecule has 1 amide bonds. The Kier molecular flexibility index (Phi) is 7.60. The van der Waals surface area contributed by atoms with Crippen LogP contribution >= 0.6 is 19.4 Å². The van der Waals surface area contributed by atoms with Crippen LogP contribution in [0.5, 0.6) is 0 Å². The van der Waals surface area contributed by atoms with Crippen LogP contribution in [0.2, 0.25) is 5.02 Å². The number of nitrogens with one attached hydrogen (secondary N) is 1. The zero-order valence-corrected chi connectivity index (χ0v) is 16.7. The van der Waals surface area contributed by atoms with Gasteiger partial charge in [0.05, 0.1) is 22.9 Å². The van der Waals surface area contributed by atoms with Crippen molar-refractivity contribution in [1.82, 2.24) is 0 Å². The number of hydrogen-bond donors (Lipinski definition) is 2. The van der Waals surface area contributed by atoms with Crippen molar-refractivity contribution in [3.63, 3.8) is 0 Å². The molecule has 1 heterocycles. The number of anilines is 1. The number of carbonyl (C=O) groups excluding carboxylic acids is 1. The number of hydrogen-bond acceptors (Lipinski definition) is 7. The van der Waals surface area contributed by atoms with E-state index in [1.54, 1.807) is 24.3 Å². The first kappa shape index (κ1) is 22.7. The van der Waals surface area contributed by atoms with Gasteiger partial charge in [-0.15, -0.1) is 0 Å². The molecular formula is C17H16ClN3O7P-. The van der Waals surface area contributed by atoms with Crippen molar-refractivity contribution in [1.29, 1.82) is 0 Å². The first-order chi connectivity index (χ1) is 13.6. The molecule has 0 saturated heterocycles. The van der Waals surface area contributed by atoms with E-state index in [1.807, 2.05) is 0 Å². The Balaban J connectivity index is 0.000000370. The van der Waals surface area contributed by atoms with Gasteiger partial charge in [0, 0.05) is 28.3 Å². The Morgan fingerprint density at radius 3 is 2.55 bits per heavy atom. The van der Waals surface area contributed by atoms with Crippen LogP contribution in [0.25, 0.3) is 0 Å². The van der Waals surface area contributed by atoms with E-state index in [2.05, 4.69) is 14.8 Å². The van der Waals surface area contributed by atoms with Gasteiger partial charge in [-0.1, -0.05) is 29.8 Å². The van der Waals surface area contributed by atoms with Gasteiger partial charge in [0.25, 0.3) is 13.5 Å². The molecule has 2 aromatic carbocycles. The van der Waals surface area contributed by atoms with Crippen LogP contribution in [-0.4, -0.2) is 34.6 Å². The summed E-state index contributed by atoms with van der Waals surface area (Å²) in [6.07, 6.45) is 0. The molecule has 0 aromatic heterocycles. The molecule has 0 aliphatic carbocycles. The number of benzene rings is 2. The molecule has 12 heteroatoms. The summed E-state index contributed by atoms with van der Waals surface area (Å²) in [6.45, 7) is 1.39. The molecule has 1 aliphatic rings. The van der Waals surface area contributed by atoms with Crippen molar-refractivity contribution in [2.24, 2.45) is 4.99 Å². The highest BCUT2D eigenvalue weighted by Gasteiger charge is 2.22.